The molecule has 0 atom stereocenters. The Morgan fingerprint density at radius 1 is 1.45 bits per heavy atom. The van der Waals surface area contributed by atoms with E-state index in [1.807, 2.05) is 0 Å². The van der Waals surface area contributed by atoms with Crippen LogP contribution < -0.4 is 10.1 Å². The highest BCUT2D eigenvalue weighted by Gasteiger charge is 2.22. The second-order valence-corrected chi connectivity index (χ2v) is 7.10. The van der Waals surface area contributed by atoms with Gasteiger partial charge in [0.15, 0.2) is 6.61 Å². The van der Waals surface area contributed by atoms with Crippen LogP contribution in [-0.4, -0.2) is 27.5 Å². The van der Waals surface area contributed by atoms with Crippen LogP contribution in [0.3, 0.4) is 0 Å². The molecule has 1 fully saturated rings. The number of hydrogen-bond donors (Lipinski definition) is 1. The Hall–Kier alpha value is -1.34. The minimum Gasteiger partial charge on any atom is -0.482 e. The molecule has 110 valence electrons. The number of ether oxygens (including phenoxy) is 1. The number of halogens is 2. The lowest BCUT2D eigenvalue weighted by Gasteiger charge is -2.10. The summed E-state index contributed by atoms with van der Waals surface area (Å²) < 4.78 is 40.7. The van der Waals surface area contributed by atoms with Gasteiger partial charge in [-0.1, -0.05) is 0 Å². The van der Waals surface area contributed by atoms with Crippen molar-refractivity contribution >= 4 is 25.6 Å². The van der Waals surface area contributed by atoms with Gasteiger partial charge in [-0.05, 0) is 37.0 Å². The Kier molecular flexibility index (Phi) is 4.49. The van der Waals surface area contributed by atoms with Crippen molar-refractivity contribution in [1.29, 1.82) is 0 Å². The van der Waals surface area contributed by atoms with Gasteiger partial charge in [0, 0.05) is 17.2 Å². The molecule has 0 heterocycles. The predicted octanol–water partition coefficient (Wildman–Crippen LogP) is 1.66. The van der Waals surface area contributed by atoms with Crippen molar-refractivity contribution < 1.29 is 22.3 Å². The normalized spacial score (nSPS) is 14.9. The first-order valence-electron chi connectivity index (χ1n) is 6.00. The van der Waals surface area contributed by atoms with Crippen molar-refractivity contribution in [1.82, 2.24) is 5.32 Å². The number of hydrogen-bond acceptors (Lipinski definition) is 4. The minimum atomic E-state index is -4.14. The van der Waals surface area contributed by atoms with Crippen molar-refractivity contribution in [3.8, 4) is 5.75 Å². The van der Waals surface area contributed by atoms with Gasteiger partial charge in [-0.2, -0.15) is 0 Å². The van der Waals surface area contributed by atoms with E-state index < -0.39 is 19.8 Å². The highest BCUT2D eigenvalue weighted by molar-refractivity contribution is 8.13. The fourth-order valence-electron chi connectivity index (χ4n) is 1.57. The van der Waals surface area contributed by atoms with E-state index in [2.05, 4.69) is 5.32 Å². The van der Waals surface area contributed by atoms with Crippen LogP contribution in [-0.2, 0) is 13.8 Å². The maximum Gasteiger partial charge on any atom is 0.265 e. The van der Waals surface area contributed by atoms with Crippen LogP contribution in [0.5, 0.6) is 5.75 Å². The van der Waals surface area contributed by atoms with Gasteiger partial charge in [0.2, 0.25) is 0 Å². The molecule has 1 aromatic rings. The SMILES string of the molecule is O=C(COc1ccc(F)cc1S(=O)(=O)Cl)NCC1CC1. The lowest BCUT2D eigenvalue weighted by Crippen LogP contribution is -2.30. The van der Waals surface area contributed by atoms with Gasteiger partial charge in [0.1, 0.15) is 16.5 Å². The summed E-state index contributed by atoms with van der Waals surface area (Å²) in [6.07, 6.45) is 2.21. The molecule has 5 nitrogen and oxygen atoms in total. The number of carbonyl (C=O) groups excluding carboxylic acids is 1. The summed E-state index contributed by atoms with van der Waals surface area (Å²) in [7, 11) is 1.04. The summed E-state index contributed by atoms with van der Waals surface area (Å²) in [5.74, 6) is -0.736. The third-order valence-corrected chi connectivity index (χ3v) is 4.16. The summed E-state index contributed by atoms with van der Waals surface area (Å²) in [4.78, 5) is 11.0. The smallest absolute Gasteiger partial charge is 0.265 e. The zero-order valence-electron chi connectivity index (χ0n) is 10.4. The van der Waals surface area contributed by atoms with E-state index in [9.17, 15) is 17.6 Å². The number of benzene rings is 1. The Labute approximate surface area is 120 Å². The number of amides is 1. The summed E-state index contributed by atoms with van der Waals surface area (Å²) in [6.45, 7) is 0.240. The minimum absolute atomic E-state index is 0.150. The molecule has 0 unspecified atom stereocenters. The third-order valence-electron chi connectivity index (χ3n) is 2.81. The lowest BCUT2D eigenvalue weighted by molar-refractivity contribution is -0.123. The van der Waals surface area contributed by atoms with E-state index in [-0.39, 0.29) is 18.3 Å². The second-order valence-electron chi connectivity index (χ2n) is 4.57. The fourth-order valence-corrected chi connectivity index (χ4v) is 2.55. The van der Waals surface area contributed by atoms with Gasteiger partial charge in [0.25, 0.3) is 15.0 Å². The van der Waals surface area contributed by atoms with Gasteiger partial charge in [0.05, 0.1) is 0 Å². The van der Waals surface area contributed by atoms with Crippen molar-refractivity contribution in [2.24, 2.45) is 5.92 Å². The van der Waals surface area contributed by atoms with Crippen LogP contribution in [0.1, 0.15) is 12.8 Å². The summed E-state index contributed by atoms with van der Waals surface area (Å²) in [5, 5.41) is 2.66. The molecule has 1 aliphatic carbocycles. The molecule has 8 heteroatoms. The molecule has 20 heavy (non-hydrogen) atoms. The van der Waals surface area contributed by atoms with Gasteiger partial charge in [-0.25, -0.2) is 12.8 Å². The summed E-state index contributed by atoms with van der Waals surface area (Å²) >= 11 is 0. The van der Waals surface area contributed by atoms with Crippen molar-refractivity contribution in [2.75, 3.05) is 13.2 Å². The molecule has 0 spiro atoms. The third kappa shape index (κ3) is 4.35. The molecule has 1 N–H and O–H groups in total. The van der Waals surface area contributed by atoms with E-state index in [1.54, 1.807) is 0 Å². The second kappa shape index (κ2) is 5.97. The first-order chi connectivity index (χ1) is 9.36. The highest BCUT2D eigenvalue weighted by atomic mass is 35.7. The molecule has 1 aliphatic rings. The summed E-state index contributed by atoms with van der Waals surface area (Å²) in [6, 6.07) is 2.90. The molecule has 1 aromatic carbocycles. The van der Waals surface area contributed by atoms with Crippen LogP contribution in [0, 0.1) is 11.7 Å². The molecule has 2 rings (SSSR count). The molecule has 0 radical (unpaired) electrons. The van der Waals surface area contributed by atoms with Gasteiger partial charge >= 0.3 is 0 Å². The first-order valence-corrected chi connectivity index (χ1v) is 8.31. The fraction of sp³-hybridized carbons (Fsp3) is 0.417. The highest BCUT2D eigenvalue weighted by Crippen LogP contribution is 2.28. The van der Waals surface area contributed by atoms with Crippen LogP contribution >= 0.6 is 10.7 Å². The lowest BCUT2D eigenvalue weighted by atomic mass is 10.3. The van der Waals surface area contributed by atoms with Gasteiger partial charge in [-0.3, -0.25) is 4.79 Å². The van der Waals surface area contributed by atoms with E-state index in [4.69, 9.17) is 15.4 Å². The van der Waals surface area contributed by atoms with Crippen molar-refractivity contribution in [3.63, 3.8) is 0 Å². The molecule has 0 bridgehead atoms. The molecule has 0 aliphatic heterocycles. The van der Waals surface area contributed by atoms with E-state index in [0.29, 0.717) is 12.5 Å². The summed E-state index contributed by atoms with van der Waals surface area (Å²) in [5.41, 5.74) is 0. The molecular weight excluding hydrogens is 309 g/mol. The average Bonchev–Trinajstić information content (AvgIpc) is 3.17. The molecule has 0 aromatic heterocycles. The van der Waals surface area contributed by atoms with Gasteiger partial charge < -0.3 is 10.1 Å². The largest absolute Gasteiger partial charge is 0.482 e. The van der Waals surface area contributed by atoms with Crippen LogP contribution in [0.15, 0.2) is 23.1 Å². The Bertz CT molecular complexity index is 616. The Morgan fingerprint density at radius 3 is 2.75 bits per heavy atom. The molecular formula is C12H13ClFNO4S. The predicted molar refractivity (Wildman–Crippen MR) is 70.7 cm³/mol. The topological polar surface area (TPSA) is 72.5 Å². The Balaban J connectivity index is 1.99. The van der Waals surface area contributed by atoms with Crippen LogP contribution in [0.4, 0.5) is 4.39 Å². The van der Waals surface area contributed by atoms with Crippen molar-refractivity contribution in [2.45, 2.75) is 17.7 Å². The maximum absolute atomic E-state index is 13.0. The standard InChI is InChI=1S/C12H13ClFNO4S/c13-20(17,18)11-5-9(14)3-4-10(11)19-7-12(16)15-6-8-1-2-8/h3-5,8H,1-2,6-7H2,(H,15,16). The van der Waals surface area contributed by atoms with E-state index >= 15 is 0 Å². The number of rotatable bonds is 6. The molecule has 1 saturated carbocycles. The van der Waals surface area contributed by atoms with Crippen LogP contribution in [0.25, 0.3) is 0 Å². The zero-order valence-corrected chi connectivity index (χ0v) is 12.0. The quantitative estimate of drug-likeness (QED) is 0.809. The molecule has 1 amide bonds. The average molecular weight is 322 g/mol. The van der Waals surface area contributed by atoms with E-state index in [0.717, 1.165) is 31.0 Å². The maximum atomic E-state index is 13.0. The first kappa shape index (κ1) is 15.1. The Morgan fingerprint density at radius 2 is 2.15 bits per heavy atom. The van der Waals surface area contributed by atoms with Crippen molar-refractivity contribution in [3.05, 3.63) is 24.0 Å². The number of carbonyl (C=O) groups is 1. The monoisotopic (exact) mass is 321 g/mol. The van der Waals surface area contributed by atoms with Gasteiger partial charge in [-0.15, -0.1) is 0 Å². The molecule has 0 saturated heterocycles. The zero-order chi connectivity index (χ0) is 14.8. The van der Waals surface area contributed by atoms with Crippen LogP contribution in [0.2, 0.25) is 0 Å². The van der Waals surface area contributed by atoms with E-state index in [1.165, 1.54) is 0 Å². The number of nitrogens with one attached hydrogen (secondary N) is 1.